The Morgan fingerprint density at radius 2 is 2.05 bits per heavy atom. The molecule has 0 aliphatic heterocycles. The van der Waals surface area contributed by atoms with Crippen LogP contribution in [0.2, 0.25) is 0 Å². The van der Waals surface area contributed by atoms with E-state index in [-0.39, 0.29) is 17.9 Å². The van der Waals surface area contributed by atoms with Crippen LogP contribution >= 0.6 is 0 Å². The summed E-state index contributed by atoms with van der Waals surface area (Å²) in [6.45, 7) is 0.144. The molecule has 0 unspecified atom stereocenters. The lowest BCUT2D eigenvalue weighted by molar-refractivity contribution is -0.141. The van der Waals surface area contributed by atoms with Crippen molar-refractivity contribution in [1.82, 2.24) is 15.0 Å². The second-order valence-corrected chi connectivity index (χ2v) is 3.76. The molecule has 0 saturated carbocycles. The summed E-state index contributed by atoms with van der Waals surface area (Å²) in [6.07, 6.45) is -1.73. The number of pyridine rings is 1. The van der Waals surface area contributed by atoms with E-state index in [2.05, 4.69) is 20.3 Å². The maximum Gasteiger partial charge on any atom is 0.433 e. The number of nitrogens with one attached hydrogen (secondary N) is 1. The van der Waals surface area contributed by atoms with Gasteiger partial charge in [-0.15, -0.1) is 0 Å². The van der Waals surface area contributed by atoms with Crippen molar-refractivity contribution < 1.29 is 13.2 Å². The smallest absolute Gasteiger partial charge is 0.363 e. The number of halogens is 3. The van der Waals surface area contributed by atoms with Crippen molar-refractivity contribution in [2.45, 2.75) is 12.7 Å². The lowest BCUT2D eigenvalue weighted by Gasteiger charge is -2.10. The molecule has 0 atom stereocenters. The lowest BCUT2D eigenvalue weighted by atomic mass is 10.2. The van der Waals surface area contributed by atoms with Crippen LogP contribution in [0.5, 0.6) is 0 Å². The van der Waals surface area contributed by atoms with Crippen molar-refractivity contribution in [3.05, 3.63) is 47.7 Å². The van der Waals surface area contributed by atoms with Crippen molar-refractivity contribution in [3.63, 3.8) is 0 Å². The Morgan fingerprint density at radius 3 is 2.65 bits per heavy atom. The van der Waals surface area contributed by atoms with Crippen LogP contribution in [0.4, 0.5) is 19.0 Å². The first-order chi connectivity index (χ1) is 9.50. The van der Waals surface area contributed by atoms with Gasteiger partial charge in [-0.05, 0) is 18.2 Å². The molecule has 20 heavy (non-hydrogen) atoms. The molecule has 0 bridgehead atoms. The van der Waals surface area contributed by atoms with Crippen molar-refractivity contribution in [1.29, 1.82) is 5.26 Å². The van der Waals surface area contributed by atoms with Gasteiger partial charge in [-0.25, -0.2) is 15.0 Å². The van der Waals surface area contributed by atoms with Gasteiger partial charge in [0.25, 0.3) is 0 Å². The van der Waals surface area contributed by atoms with Gasteiger partial charge in [-0.1, -0.05) is 0 Å². The molecule has 0 aromatic carbocycles. The van der Waals surface area contributed by atoms with E-state index < -0.39 is 11.9 Å². The summed E-state index contributed by atoms with van der Waals surface area (Å²) in [5.41, 5.74) is -0.447. The number of rotatable bonds is 3. The highest BCUT2D eigenvalue weighted by Gasteiger charge is 2.33. The van der Waals surface area contributed by atoms with Crippen LogP contribution in [0.15, 0.2) is 30.7 Å². The molecule has 0 radical (unpaired) electrons. The maximum absolute atomic E-state index is 12.6. The maximum atomic E-state index is 12.6. The van der Waals surface area contributed by atoms with Crippen LogP contribution in [0, 0.1) is 11.3 Å². The van der Waals surface area contributed by atoms with Crippen molar-refractivity contribution >= 4 is 5.82 Å². The van der Waals surface area contributed by atoms with Gasteiger partial charge >= 0.3 is 6.18 Å². The summed E-state index contributed by atoms with van der Waals surface area (Å²) < 4.78 is 37.7. The molecule has 0 fully saturated rings. The van der Waals surface area contributed by atoms with E-state index >= 15 is 0 Å². The molecular weight excluding hydrogens is 271 g/mol. The number of hydrogen-bond acceptors (Lipinski definition) is 5. The normalized spacial score (nSPS) is 10.9. The van der Waals surface area contributed by atoms with Crippen molar-refractivity contribution in [3.8, 4) is 6.07 Å². The first-order valence-electron chi connectivity index (χ1n) is 5.48. The van der Waals surface area contributed by atoms with Gasteiger partial charge in [0, 0.05) is 6.20 Å². The monoisotopic (exact) mass is 279 g/mol. The first-order valence-corrected chi connectivity index (χ1v) is 5.48. The molecule has 0 amide bonds. The fraction of sp³-hybridized carbons (Fsp3) is 0.167. The summed E-state index contributed by atoms with van der Waals surface area (Å²) in [5.74, 6) is -0.124. The molecule has 0 spiro atoms. The van der Waals surface area contributed by atoms with E-state index in [0.717, 1.165) is 12.1 Å². The molecule has 2 aromatic rings. The number of nitrogens with zero attached hydrogens (tertiary/aromatic N) is 4. The fourth-order valence-corrected chi connectivity index (χ4v) is 1.44. The highest BCUT2D eigenvalue weighted by atomic mass is 19.4. The minimum Gasteiger partial charge on any atom is -0.363 e. The molecule has 2 aromatic heterocycles. The first kappa shape index (κ1) is 13.7. The van der Waals surface area contributed by atoms with Crippen LogP contribution in [0.25, 0.3) is 0 Å². The van der Waals surface area contributed by atoms with E-state index in [4.69, 9.17) is 5.26 Å². The summed E-state index contributed by atoms with van der Waals surface area (Å²) in [4.78, 5) is 11.1. The SMILES string of the molecule is N#Cc1ccc(C(F)(F)F)nc1NCc1ccncn1. The highest BCUT2D eigenvalue weighted by molar-refractivity contribution is 5.52. The van der Waals surface area contributed by atoms with E-state index in [1.165, 1.54) is 12.5 Å². The molecular formula is C12H8F3N5. The molecule has 0 aliphatic carbocycles. The second kappa shape index (κ2) is 5.52. The zero-order valence-electron chi connectivity index (χ0n) is 10.0. The number of hydrogen-bond donors (Lipinski definition) is 1. The van der Waals surface area contributed by atoms with Gasteiger partial charge in [0.05, 0.1) is 17.8 Å². The molecule has 2 heterocycles. The van der Waals surface area contributed by atoms with E-state index in [1.807, 2.05) is 0 Å². The minimum absolute atomic E-state index is 0.0343. The predicted octanol–water partition coefficient (Wildman–Crippen LogP) is 2.37. The Kier molecular flexibility index (Phi) is 3.79. The second-order valence-electron chi connectivity index (χ2n) is 3.76. The van der Waals surface area contributed by atoms with Crippen molar-refractivity contribution in [2.24, 2.45) is 0 Å². The largest absolute Gasteiger partial charge is 0.433 e. The summed E-state index contributed by atoms with van der Waals surface area (Å²) in [7, 11) is 0. The van der Waals surface area contributed by atoms with Crippen molar-refractivity contribution in [2.75, 3.05) is 5.32 Å². The third-order valence-electron chi connectivity index (χ3n) is 2.39. The summed E-state index contributed by atoms with van der Waals surface area (Å²) in [6, 6.07) is 5.24. The molecule has 0 saturated heterocycles. The third-order valence-corrected chi connectivity index (χ3v) is 2.39. The topological polar surface area (TPSA) is 74.5 Å². The minimum atomic E-state index is -4.56. The zero-order valence-corrected chi connectivity index (χ0v) is 10.0. The zero-order chi connectivity index (χ0) is 14.6. The molecule has 8 heteroatoms. The van der Waals surface area contributed by atoms with Gasteiger partial charge in [0.15, 0.2) is 0 Å². The Bertz CT molecular complexity index is 634. The van der Waals surface area contributed by atoms with Crippen LogP contribution in [0.3, 0.4) is 0 Å². The number of alkyl halides is 3. The third kappa shape index (κ3) is 3.20. The van der Waals surface area contributed by atoms with Crippen LogP contribution < -0.4 is 5.32 Å². The summed E-state index contributed by atoms with van der Waals surface area (Å²) >= 11 is 0. The Hall–Kier alpha value is -2.69. The average molecular weight is 279 g/mol. The van der Waals surface area contributed by atoms with E-state index in [9.17, 15) is 13.2 Å². The number of anilines is 1. The number of nitriles is 1. The quantitative estimate of drug-likeness (QED) is 0.933. The lowest BCUT2D eigenvalue weighted by Crippen LogP contribution is -2.12. The van der Waals surface area contributed by atoms with Crippen LogP contribution in [-0.2, 0) is 12.7 Å². The highest BCUT2D eigenvalue weighted by Crippen LogP contribution is 2.29. The van der Waals surface area contributed by atoms with Gasteiger partial charge in [0.1, 0.15) is 23.9 Å². The van der Waals surface area contributed by atoms with Gasteiger partial charge < -0.3 is 5.32 Å². The van der Waals surface area contributed by atoms with E-state index in [0.29, 0.717) is 5.69 Å². The van der Waals surface area contributed by atoms with Gasteiger partial charge in [-0.2, -0.15) is 18.4 Å². The molecule has 1 N–H and O–H groups in total. The van der Waals surface area contributed by atoms with Crippen LogP contribution in [-0.4, -0.2) is 15.0 Å². The Morgan fingerprint density at radius 1 is 1.25 bits per heavy atom. The van der Waals surface area contributed by atoms with Crippen LogP contribution in [0.1, 0.15) is 17.0 Å². The molecule has 2 rings (SSSR count). The van der Waals surface area contributed by atoms with Gasteiger partial charge in [-0.3, -0.25) is 0 Å². The Labute approximate surface area is 112 Å². The standard InChI is InChI=1S/C12H8F3N5/c13-12(14,15)10-2-1-8(5-16)11(20-10)18-6-9-3-4-17-7-19-9/h1-4,7H,6H2,(H,18,20). The van der Waals surface area contributed by atoms with E-state index in [1.54, 1.807) is 12.1 Å². The molecule has 102 valence electrons. The Balaban J connectivity index is 2.24. The fourth-order valence-electron chi connectivity index (χ4n) is 1.44. The average Bonchev–Trinajstić information content (AvgIpc) is 2.45. The van der Waals surface area contributed by atoms with Gasteiger partial charge in [0.2, 0.25) is 0 Å². The molecule has 0 aliphatic rings. The molecule has 5 nitrogen and oxygen atoms in total. The summed E-state index contributed by atoms with van der Waals surface area (Å²) in [5, 5.41) is 11.5. The predicted molar refractivity (Wildman–Crippen MR) is 63.3 cm³/mol. The number of aromatic nitrogens is 3.